The Hall–Kier alpha value is -2.44. The van der Waals surface area contributed by atoms with Crippen LogP contribution in [0.25, 0.3) is 0 Å². The highest BCUT2D eigenvalue weighted by Gasteiger charge is 2.50. The predicted octanol–water partition coefficient (Wildman–Crippen LogP) is 1.18. The van der Waals surface area contributed by atoms with Gasteiger partial charge in [0.05, 0.1) is 19.6 Å². The first-order valence-electron chi connectivity index (χ1n) is 6.19. The summed E-state index contributed by atoms with van der Waals surface area (Å²) < 4.78 is 9.24. The summed E-state index contributed by atoms with van der Waals surface area (Å²) in [5.74, 6) is -3.15. The topological polar surface area (TPSA) is 95.7 Å². The van der Waals surface area contributed by atoms with Crippen molar-refractivity contribution >= 4 is 11.9 Å². The summed E-state index contributed by atoms with van der Waals surface area (Å²) in [7, 11) is 2.24. The maximum absolute atomic E-state index is 12.0. The zero-order chi connectivity index (χ0) is 16.0. The average molecular weight is 295 g/mol. The molecule has 0 bridgehead atoms. The van der Waals surface area contributed by atoms with Gasteiger partial charge >= 0.3 is 11.9 Å². The Labute approximate surface area is 122 Å². The normalized spacial score (nSPS) is 13.3. The highest BCUT2D eigenvalue weighted by molar-refractivity contribution is 5.96. The van der Waals surface area contributed by atoms with Gasteiger partial charge in [-0.15, -0.1) is 0 Å². The third-order valence-electron chi connectivity index (χ3n) is 3.40. The highest BCUT2D eigenvalue weighted by atomic mass is 16.6. The van der Waals surface area contributed by atoms with E-state index in [9.17, 15) is 19.7 Å². The molecule has 1 rings (SSSR count). The molecule has 0 N–H and O–H groups in total. The van der Waals surface area contributed by atoms with Crippen molar-refractivity contribution < 1.29 is 24.0 Å². The number of nitro groups is 1. The Morgan fingerprint density at radius 1 is 1.19 bits per heavy atom. The van der Waals surface area contributed by atoms with Gasteiger partial charge < -0.3 is 9.47 Å². The van der Waals surface area contributed by atoms with Crippen molar-refractivity contribution in [1.82, 2.24) is 0 Å². The molecular formula is C14H17NO6. The van der Waals surface area contributed by atoms with E-state index in [1.807, 2.05) is 0 Å². The first-order chi connectivity index (χ1) is 9.86. The van der Waals surface area contributed by atoms with Crippen LogP contribution in [0.15, 0.2) is 30.3 Å². The maximum Gasteiger partial charge on any atom is 0.321 e. The minimum Gasteiger partial charge on any atom is -0.468 e. The number of nitrogens with zero attached hydrogens (tertiary/aromatic N) is 1. The standard InChI is InChI=1S/C14H17NO6/c1-14(9-15(18)19,10-7-5-4-6-8-10)11(12(16)20-2)13(17)21-3/h4-8,11H,9H2,1-3H3. The van der Waals surface area contributed by atoms with Gasteiger partial charge in [-0.1, -0.05) is 30.3 Å². The Kier molecular flexibility index (Phi) is 5.40. The van der Waals surface area contributed by atoms with Crippen LogP contribution in [0.4, 0.5) is 0 Å². The molecule has 7 nitrogen and oxygen atoms in total. The summed E-state index contributed by atoms with van der Waals surface area (Å²) in [5, 5.41) is 11.0. The van der Waals surface area contributed by atoms with Gasteiger partial charge in [-0.05, 0) is 12.5 Å². The molecule has 0 aliphatic carbocycles. The first kappa shape index (κ1) is 16.6. The van der Waals surface area contributed by atoms with Gasteiger partial charge in [0.15, 0.2) is 5.92 Å². The van der Waals surface area contributed by atoms with Gasteiger partial charge in [-0.3, -0.25) is 19.7 Å². The largest absolute Gasteiger partial charge is 0.468 e. The Morgan fingerprint density at radius 3 is 2.05 bits per heavy atom. The van der Waals surface area contributed by atoms with Gasteiger partial charge in [0, 0.05) is 4.92 Å². The fourth-order valence-electron chi connectivity index (χ4n) is 2.29. The molecule has 1 aromatic carbocycles. The molecule has 21 heavy (non-hydrogen) atoms. The summed E-state index contributed by atoms with van der Waals surface area (Å²) >= 11 is 0. The second-order valence-electron chi connectivity index (χ2n) is 4.75. The summed E-state index contributed by atoms with van der Waals surface area (Å²) in [6, 6.07) is 8.35. The van der Waals surface area contributed by atoms with E-state index in [4.69, 9.17) is 0 Å². The van der Waals surface area contributed by atoms with Gasteiger partial charge in [0.1, 0.15) is 0 Å². The van der Waals surface area contributed by atoms with E-state index in [-0.39, 0.29) is 0 Å². The van der Waals surface area contributed by atoms with Crippen molar-refractivity contribution in [3.8, 4) is 0 Å². The number of rotatable bonds is 6. The second-order valence-corrected chi connectivity index (χ2v) is 4.75. The number of methoxy groups -OCH3 is 2. The van der Waals surface area contributed by atoms with Crippen molar-refractivity contribution in [3.63, 3.8) is 0 Å². The number of carbonyl (C=O) groups excluding carboxylic acids is 2. The molecule has 1 atom stereocenters. The molecule has 1 unspecified atom stereocenters. The van der Waals surface area contributed by atoms with Crippen LogP contribution in [-0.4, -0.2) is 37.6 Å². The fourth-order valence-corrected chi connectivity index (χ4v) is 2.29. The van der Waals surface area contributed by atoms with E-state index < -0.39 is 34.7 Å². The molecule has 0 fully saturated rings. The third kappa shape index (κ3) is 3.56. The quantitative estimate of drug-likeness (QED) is 0.338. The molecule has 114 valence electrons. The van der Waals surface area contributed by atoms with Crippen LogP contribution in [0.3, 0.4) is 0 Å². The van der Waals surface area contributed by atoms with Crippen molar-refractivity contribution in [2.45, 2.75) is 12.3 Å². The van der Waals surface area contributed by atoms with E-state index in [1.54, 1.807) is 30.3 Å². The molecule has 0 aliphatic rings. The summed E-state index contributed by atoms with van der Waals surface area (Å²) in [5.41, 5.74) is -0.882. The maximum atomic E-state index is 12.0. The van der Waals surface area contributed by atoms with E-state index >= 15 is 0 Å². The highest BCUT2D eigenvalue weighted by Crippen LogP contribution is 2.34. The molecular weight excluding hydrogens is 278 g/mol. The lowest BCUT2D eigenvalue weighted by Gasteiger charge is -2.31. The molecule has 0 spiro atoms. The minimum atomic E-state index is -1.42. The number of benzene rings is 1. The summed E-state index contributed by atoms with van der Waals surface area (Å²) in [6.07, 6.45) is 0. The fraction of sp³-hybridized carbons (Fsp3) is 0.429. The predicted molar refractivity (Wildman–Crippen MR) is 73.2 cm³/mol. The number of ether oxygens (including phenoxy) is 2. The zero-order valence-electron chi connectivity index (χ0n) is 12.1. The number of hydrogen-bond donors (Lipinski definition) is 0. The molecule has 1 aromatic rings. The average Bonchev–Trinajstić information content (AvgIpc) is 2.47. The first-order valence-corrected chi connectivity index (χ1v) is 6.19. The Morgan fingerprint density at radius 2 is 1.67 bits per heavy atom. The van der Waals surface area contributed by atoms with Crippen molar-refractivity contribution in [2.24, 2.45) is 5.92 Å². The molecule has 7 heteroatoms. The lowest BCUT2D eigenvalue weighted by atomic mass is 9.71. The summed E-state index contributed by atoms with van der Waals surface area (Å²) in [6.45, 7) is 0.871. The van der Waals surface area contributed by atoms with Crippen LogP contribution >= 0.6 is 0 Å². The van der Waals surface area contributed by atoms with Crippen LogP contribution in [-0.2, 0) is 24.5 Å². The molecule has 0 radical (unpaired) electrons. The molecule has 0 aliphatic heterocycles. The Balaban J connectivity index is 3.42. The summed E-state index contributed by atoms with van der Waals surface area (Å²) in [4.78, 5) is 34.4. The number of esters is 2. The smallest absolute Gasteiger partial charge is 0.321 e. The lowest BCUT2D eigenvalue weighted by molar-refractivity contribution is -0.491. The second kappa shape index (κ2) is 6.83. The van der Waals surface area contributed by atoms with Crippen LogP contribution in [0.2, 0.25) is 0 Å². The van der Waals surface area contributed by atoms with Crippen molar-refractivity contribution in [2.75, 3.05) is 20.8 Å². The third-order valence-corrected chi connectivity index (χ3v) is 3.40. The lowest BCUT2D eigenvalue weighted by Crippen LogP contribution is -2.48. The van der Waals surface area contributed by atoms with Crippen molar-refractivity contribution in [1.29, 1.82) is 0 Å². The van der Waals surface area contributed by atoms with Gasteiger partial charge in [0.25, 0.3) is 0 Å². The van der Waals surface area contributed by atoms with Crippen molar-refractivity contribution in [3.05, 3.63) is 46.0 Å². The SMILES string of the molecule is COC(=O)C(C(=O)OC)C(C)(C[N+](=O)[O-])c1ccccc1. The van der Waals surface area contributed by atoms with E-state index in [0.29, 0.717) is 5.56 Å². The van der Waals surface area contributed by atoms with Crippen LogP contribution in [0, 0.1) is 16.0 Å². The minimum absolute atomic E-state index is 0.488. The zero-order valence-corrected chi connectivity index (χ0v) is 12.1. The molecule has 0 aromatic heterocycles. The molecule has 0 heterocycles. The Bertz CT molecular complexity index is 514. The van der Waals surface area contributed by atoms with Crippen LogP contribution in [0.1, 0.15) is 12.5 Å². The monoisotopic (exact) mass is 295 g/mol. The molecule has 0 saturated carbocycles. The van der Waals surface area contributed by atoms with E-state index in [2.05, 4.69) is 9.47 Å². The van der Waals surface area contributed by atoms with Crippen LogP contribution in [0.5, 0.6) is 0 Å². The van der Waals surface area contributed by atoms with E-state index in [0.717, 1.165) is 14.2 Å². The van der Waals surface area contributed by atoms with E-state index in [1.165, 1.54) is 6.92 Å². The molecule has 0 amide bonds. The van der Waals surface area contributed by atoms with Gasteiger partial charge in [-0.25, -0.2) is 0 Å². The number of hydrogen-bond acceptors (Lipinski definition) is 6. The van der Waals surface area contributed by atoms with Crippen LogP contribution < -0.4 is 0 Å². The molecule has 0 saturated heterocycles. The van der Waals surface area contributed by atoms with Gasteiger partial charge in [-0.2, -0.15) is 0 Å². The number of carbonyl (C=O) groups is 2. The van der Waals surface area contributed by atoms with Gasteiger partial charge in [0.2, 0.25) is 6.54 Å².